The maximum atomic E-state index is 13.5. The number of benzene rings is 2. The topological polar surface area (TPSA) is 82.1 Å². The Morgan fingerprint density at radius 3 is 2.30 bits per heavy atom. The van der Waals surface area contributed by atoms with Crippen LogP contribution in [0.2, 0.25) is 0 Å². The normalized spacial score (nSPS) is 10.2. The minimum Gasteiger partial charge on any atom is -0.490 e. The van der Waals surface area contributed by atoms with Crippen molar-refractivity contribution in [1.82, 2.24) is 0 Å². The predicted molar refractivity (Wildman–Crippen MR) is 115 cm³/mol. The van der Waals surface area contributed by atoms with Crippen LogP contribution < -0.4 is 14.2 Å². The van der Waals surface area contributed by atoms with Gasteiger partial charge in [0.2, 0.25) is 5.75 Å². The molecule has 2 aromatic carbocycles. The molecule has 158 valence electrons. The first-order valence-corrected chi connectivity index (χ1v) is 9.54. The summed E-state index contributed by atoms with van der Waals surface area (Å²) in [4.78, 5) is 24.7. The van der Waals surface area contributed by atoms with Crippen LogP contribution in [0.1, 0.15) is 34.0 Å². The van der Waals surface area contributed by atoms with E-state index in [0.717, 1.165) is 0 Å². The maximum absolute atomic E-state index is 13.5. The van der Waals surface area contributed by atoms with Crippen LogP contribution in [-0.2, 0) is 17.6 Å². The minimum absolute atomic E-state index is 0.214. The molecular formula is C24H26O6. The first-order valence-electron chi connectivity index (χ1n) is 9.54. The molecule has 0 saturated heterocycles. The number of carbonyl (C=O) groups is 2. The number of hydrogen-bond donors (Lipinski definition) is 1. The summed E-state index contributed by atoms with van der Waals surface area (Å²) in [5.41, 5.74) is 1.78. The van der Waals surface area contributed by atoms with Crippen molar-refractivity contribution in [2.75, 3.05) is 20.3 Å². The summed E-state index contributed by atoms with van der Waals surface area (Å²) in [5, 5.41) is 9.21. The summed E-state index contributed by atoms with van der Waals surface area (Å²) in [5.74, 6) is -0.192. The number of ketones is 1. The van der Waals surface area contributed by atoms with Gasteiger partial charge in [0.15, 0.2) is 17.3 Å². The molecular weight excluding hydrogens is 384 g/mol. The molecule has 0 atom stereocenters. The van der Waals surface area contributed by atoms with E-state index in [1.165, 1.54) is 7.11 Å². The number of rotatable bonds is 12. The molecule has 2 aromatic rings. The highest BCUT2D eigenvalue weighted by atomic mass is 16.5. The van der Waals surface area contributed by atoms with Crippen LogP contribution in [0.5, 0.6) is 17.2 Å². The zero-order chi connectivity index (χ0) is 22.1. The first kappa shape index (κ1) is 22.7. The summed E-state index contributed by atoms with van der Waals surface area (Å²) in [6.07, 6.45) is 3.42. The Morgan fingerprint density at radius 1 is 1.03 bits per heavy atom. The van der Waals surface area contributed by atoms with E-state index in [2.05, 4.69) is 13.2 Å². The highest BCUT2D eigenvalue weighted by Crippen LogP contribution is 2.43. The average molecular weight is 410 g/mol. The van der Waals surface area contributed by atoms with Crippen LogP contribution in [0.3, 0.4) is 0 Å². The number of ether oxygens (including phenoxy) is 3. The number of carboxylic acids is 1. The molecule has 1 N–H and O–H groups in total. The van der Waals surface area contributed by atoms with Gasteiger partial charge in [-0.05, 0) is 18.1 Å². The van der Waals surface area contributed by atoms with Gasteiger partial charge in [-0.15, -0.1) is 0 Å². The summed E-state index contributed by atoms with van der Waals surface area (Å²) < 4.78 is 17.1. The van der Waals surface area contributed by atoms with E-state index in [4.69, 9.17) is 14.2 Å². The molecule has 0 bridgehead atoms. The van der Waals surface area contributed by atoms with Crippen LogP contribution in [0.4, 0.5) is 0 Å². The van der Waals surface area contributed by atoms with Gasteiger partial charge in [-0.25, -0.2) is 0 Å². The van der Waals surface area contributed by atoms with E-state index in [0.29, 0.717) is 45.9 Å². The Morgan fingerprint density at radius 2 is 1.70 bits per heavy atom. The van der Waals surface area contributed by atoms with Gasteiger partial charge in [0.05, 0.1) is 13.5 Å². The van der Waals surface area contributed by atoms with Crippen molar-refractivity contribution in [3.8, 4) is 17.2 Å². The third-order valence-corrected chi connectivity index (χ3v) is 4.41. The molecule has 0 unspecified atom stereocenters. The molecule has 0 radical (unpaired) electrons. The Bertz CT molecular complexity index is 945. The SMILES string of the molecule is C=CCOc1cc(C(=O)c2ccccc2CC(=O)O)c(CC)c(OCC=C)c1OC. The molecule has 0 saturated carbocycles. The zero-order valence-electron chi connectivity index (χ0n) is 17.3. The molecule has 0 amide bonds. The Hall–Kier alpha value is -3.54. The molecule has 30 heavy (non-hydrogen) atoms. The smallest absolute Gasteiger partial charge is 0.307 e. The fraction of sp³-hybridized carbons (Fsp3) is 0.250. The summed E-state index contributed by atoms with van der Waals surface area (Å²) in [7, 11) is 1.50. The lowest BCUT2D eigenvalue weighted by atomic mass is 9.92. The number of aliphatic carboxylic acids is 1. The lowest BCUT2D eigenvalue weighted by Crippen LogP contribution is -2.13. The second kappa shape index (κ2) is 10.9. The monoisotopic (exact) mass is 410 g/mol. The van der Waals surface area contributed by atoms with Crippen LogP contribution in [0.15, 0.2) is 55.6 Å². The molecule has 0 aromatic heterocycles. The molecule has 0 spiro atoms. The number of hydrogen-bond acceptors (Lipinski definition) is 5. The van der Waals surface area contributed by atoms with E-state index >= 15 is 0 Å². The predicted octanol–water partition coefficient (Wildman–Crippen LogP) is 4.25. The van der Waals surface area contributed by atoms with Crippen molar-refractivity contribution < 1.29 is 28.9 Å². The average Bonchev–Trinajstić information content (AvgIpc) is 2.74. The second-order valence-corrected chi connectivity index (χ2v) is 6.37. The van der Waals surface area contributed by atoms with Crippen LogP contribution in [0.25, 0.3) is 0 Å². The molecule has 0 aliphatic carbocycles. The number of carboxylic acid groups (broad SMARTS) is 1. The van der Waals surface area contributed by atoms with E-state index in [1.807, 2.05) is 6.92 Å². The first-order chi connectivity index (χ1) is 14.5. The zero-order valence-corrected chi connectivity index (χ0v) is 17.3. The fourth-order valence-corrected chi connectivity index (χ4v) is 3.16. The van der Waals surface area contributed by atoms with Gasteiger partial charge < -0.3 is 19.3 Å². The van der Waals surface area contributed by atoms with Gasteiger partial charge in [-0.2, -0.15) is 0 Å². The van der Waals surface area contributed by atoms with Crippen molar-refractivity contribution in [1.29, 1.82) is 0 Å². The van der Waals surface area contributed by atoms with Crippen LogP contribution in [-0.4, -0.2) is 37.2 Å². The summed E-state index contributed by atoms with van der Waals surface area (Å²) in [6.45, 7) is 9.66. The largest absolute Gasteiger partial charge is 0.490 e. The molecule has 0 aliphatic rings. The van der Waals surface area contributed by atoms with Gasteiger partial charge in [0.25, 0.3) is 0 Å². The third kappa shape index (κ3) is 5.08. The van der Waals surface area contributed by atoms with Gasteiger partial charge in [0.1, 0.15) is 13.2 Å². The molecule has 2 rings (SSSR count). The molecule has 0 aliphatic heterocycles. The Kier molecular flexibility index (Phi) is 8.23. The van der Waals surface area contributed by atoms with E-state index in [1.54, 1.807) is 42.5 Å². The fourth-order valence-electron chi connectivity index (χ4n) is 3.16. The van der Waals surface area contributed by atoms with Crippen molar-refractivity contribution in [3.63, 3.8) is 0 Å². The second-order valence-electron chi connectivity index (χ2n) is 6.37. The standard InChI is InChI=1S/C24H26O6/c1-5-12-29-20-15-19(17(7-3)23(24(20)28-4)30-13-6-2)22(27)18-11-9-8-10-16(18)14-21(25)26/h5-6,8-11,15H,1-2,7,12-14H2,3-4H3,(H,25,26). The molecule has 0 heterocycles. The lowest BCUT2D eigenvalue weighted by molar-refractivity contribution is -0.136. The highest BCUT2D eigenvalue weighted by Gasteiger charge is 2.26. The third-order valence-electron chi connectivity index (χ3n) is 4.41. The van der Waals surface area contributed by atoms with Crippen molar-refractivity contribution >= 4 is 11.8 Å². The lowest BCUT2D eigenvalue weighted by Gasteiger charge is -2.20. The van der Waals surface area contributed by atoms with Crippen LogP contribution >= 0.6 is 0 Å². The van der Waals surface area contributed by atoms with Gasteiger partial charge in [-0.1, -0.05) is 56.5 Å². The van der Waals surface area contributed by atoms with E-state index in [-0.39, 0.29) is 25.4 Å². The summed E-state index contributed by atoms with van der Waals surface area (Å²) in [6, 6.07) is 8.29. The maximum Gasteiger partial charge on any atom is 0.307 e. The Balaban J connectivity index is 2.71. The highest BCUT2D eigenvalue weighted by molar-refractivity contribution is 6.12. The molecule has 0 fully saturated rings. The van der Waals surface area contributed by atoms with Crippen molar-refractivity contribution in [2.45, 2.75) is 19.8 Å². The van der Waals surface area contributed by atoms with Crippen molar-refractivity contribution in [2.24, 2.45) is 0 Å². The van der Waals surface area contributed by atoms with Gasteiger partial charge >= 0.3 is 5.97 Å². The van der Waals surface area contributed by atoms with Gasteiger partial charge in [-0.3, -0.25) is 9.59 Å². The Labute approximate surface area is 176 Å². The minimum atomic E-state index is -1.01. The van der Waals surface area contributed by atoms with E-state index < -0.39 is 5.97 Å². The van der Waals surface area contributed by atoms with Crippen molar-refractivity contribution in [3.05, 3.63) is 77.9 Å². The van der Waals surface area contributed by atoms with E-state index in [9.17, 15) is 14.7 Å². The number of carbonyl (C=O) groups excluding carboxylic acids is 1. The molecule has 6 heteroatoms. The number of methoxy groups -OCH3 is 1. The quantitative estimate of drug-likeness (QED) is 0.416. The summed E-state index contributed by atoms with van der Waals surface area (Å²) >= 11 is 0. The van der Waals surface area contributed by atoms with Gasteiger partial charge in [0, 0.05) is 16.7 Å². The van der Waals surface area contributed by atoms with Crippen LogP contribution in [0, 0.1) is 0 Å². The molecule has 6 nitrogen and oxygen atoms in total.